The molecule has 2 rings (SSSR count). The van der Waals surface area contributed by atoms with Gasteiger partial charge in [0, 0.05) is 5.56 Å². The van der Waals surface area contributed by atoms with Crippen LogP contribution in [0.1, 0.15) is 43.7 Å². The maximum absolute atomic E-state index is 6.03. The predicted molar refractivity (Wildman–Crippen MR) is 77.5 cm³/mol. The summed E-state index contributed by atoms with van der Waals surface area (Å²) in [6, 6.07) is 5.61. The summed E-state index contributed by atoms with van der Waals surface area (Å²) in [6.07, 6.45) is 3.02. The number of rotatable bonds is 6. The topological polar surface area (TPSA) is 74.2 Å². The van der Waals surface area contributed by atoms with Gasteiger partial charge < -0.3 is 15.0 Å². The molecule has 20 heavy (non-hydrogen) atoms. The zero-order valence-electron chi connectivity index (χ0n) is 12.2. The van der Waals surface area contributed by atoms with Crippen LogP contribution in [0.15, 0.2) is 22.7 Å². The van der Waals surface area contributed by atoms with Crippen molar-refractivity contribution in [2.45, 2.75) is 39.2 Å². The third-order valence-electron chi connectivity index (χ3n) is 3.28. The Morgan fingerprint density at radius 2 is 2.20 bits per heavy atom. The van der Waals surface area contributed by atoms with Gasteiger partial charge in [0.05, 0.1) is 13.2 Å². The monoisotopic (exact) mass is 275 g/mol. The standard InChI is InChI=1S/C15H21N3O2/c1-4-5-6-12(16)15-17-14(18-20-15)11-7-8-13(19-3)10(2)9-11/h7-9,12H,4-6,16H2,1-3H3. The molecule has 0 fully saturated rings. The Kier molecular flexibility index (Phi) is 4.74. The maximum atomic E-state index is 6.03. The van der Waals surface area contributed by atoms with E-state index in [1.807, 2.05) is 25.1 Å². The number of nitrogens with zero attached hydrogens (tertiary/aromatic N) is 2. The molecule has 0 amide bonds. The Morgan fingerprint density at radius 3 is 2.85 bits per heavy atom. The second-order valence-electron chi connectivity index (χ2n) is 4.89. The number of nitrogens with two attached hydrogens (primary N) is 1. The van der Waals surface area contributed by atoms with Crippen LogP contribution >= 0.6 is 0 Å². The fourth-order valence-corrected chi connectivity index (χ4v) is 2.07. The lowest BCUT2D eigenvalue weighted by molar-refractivity contribution is 0.346. The molecule has 0 aliphatic heterocycles. The van der Waals surface area contributed by atoms with Gasteiger partial charge >= 0.3 is 0 Å². The van der Waals surface area contributed by atoms with Crippen molar-refractivity contribution in [3.63, 3.8) is 0 Å². The van der Waals surface area contributed by atoms with Crippen molar-refractivity contribution < 1.29 is 9.26 Å². The highest BCUT2D eigenvalue weighted by Gasteiger charge is 2.15. The van der Waals surface area contributed by atoms with E-state index in [1.165, 1.54) is 0 Å². The average molecular weight is 275 g/mol. The quantitative estimate of drug-likeness (QED) is 0.876. The van der Waals surface area contributed by atoms with Crippen LogP contribution in [0, 0.1) is 6.92 Å². The molecule has 0 aliphatic rings. The van der Waals surface area contributed by atoms with Crippen molar-refractivity contribution in [1.29, 1.82) is 0 Å². The Balaban J connectivity index is 2.18. The molecule has 0 spiro atoms. The highest BCUT2D eigenvalue weighted by molar-refractivity contribution is 5.58. The van der Waals surface area contributed by atoms with Gasteiger partial charge in [-0.05, 0) is 37.1 Å². The van der Waals surface area contributed by atoms with E-state index in [-0.39, 0.29) is 6.04 Å². The van der Waals surface area contributed by atoms with Crippen LogP contribution in [0.5, 0.6) is 5.75 Å². The second-order valence-corrected chi connectivity index (χ2v) is 4.89. The van der Waals surface area contributed by atoms with Gasteiger partial charge in [0.1, 0.15) is 5.75 Å². The Hall–Kier alpha value is -1.88. The fraction of sp³-hybridized carbons (Fsp3) is 0.467. The predicted octanol–water partition coefficient (Wildman–Crippen LogP) is 3.24. The highest BCUT2D eigenvalue weighted by Crippen LogP contribution is 2.25. The molecule has 1 heterocycles. The van der Waals surface area contributed by atoms with Gasteiger partial charge in [-0.25, -0.2) is 0 Å². The molecule has 0 bridgehead atoms. The summed E-state index contributed by atoms with van der Waals surface area (Å²) in [5.74, 6) is 1.91. The molecule has 5 heteroatoms. The second kappa shape index (κ2) is 6.52. The molecule has 0 saturated carbocycles. The number of aryl methyl sites for hydroxylation is 1. The van der Waals surface area contributed by atoms with Crippen LogP contribution in [0.4, 0.5) is 0 Å². The summed E-state index contributed by atoms with van der Waals surface area (Å²) >= 11 is 0. The molecule has 1 aromatic heterocycles. The molecule has 2 N–H and O–H groups in total. The highest BCUT2D eigenvalue weighted by atomic mass is 16.5. The van der Waals surface area contributed by atoms with Gasteiger partial charge in [-0.1, -0.05) is 24.9 Å². The summed E-state index contributed by atoms with van der Waals surface area (Å²) in [6.45, 7) is 4.11. The number of unbranched alkanes of at least 4 members (excludes halogenated alkanes) is 1. The number of aromatic nitrogens is 2. The van der Waals surface area contributed by atoms with Crippen molar-refractivity contribution in [3.05, 3.63) is 29.7 Å². The van der Waals surface area contributed by atoms with E-state index < -0.39 is 0 Å². The molecular formula is C15H21N3O2. The molecule has 108 valence electrons. The van der Waals surface area contributed by atoms with E-state index >= 15 is 0 Å². The van der Waals surface area contributed by atoms with Crippen LogP contribution in [0.25, 0.3) is 11.4 Å². The summed E-state index contributed by atoms with van der Waals surface area (Å²) in [7, 11) is 1.65. The molecule has 0 saturated heterocycles. The van der Waals surface area contributed by atoms with E-state index in [1.54, 1.807) is 7.11 Å². The van der Waals surface area contributed by atoms with Gasteiger partial charge in [-0.15, -0.1) is 0 Å². The minimum absolute atomic E-state index is 0.185. The molecule has 1 unspecified atom stereocenters. The lowest BCUT2D eigenvalue weighted by Gasteiger charge is -2.05. The molecule has 0 radical (unpaired) electrons. The molecule has 0 aliphatic carbocycles. The minimum Gasteiger partial charge on any atom is -0.496 e. The summed E-state index contributed by atoms with van der Waals surface area (Å²) < 4.78 is 10.5. The molecule has 2 aromatic rings. The zero-order chi connectivity index (χ0) is 14.5. The fourth-order valence-electron chi connectivity index (χ4n) is 2.07. The summed E-state index contributed by atoms with van der Waals surface area (Å²) in [5, 5.41) is 4.01. The van der Waals surface area contributed by atoms with Crippen LogP contribution in [-0.4, -0.2) is 17.3 Å². The molecule has 5 nitrogen and oxygen atoms in total. The number of ether oxygens (including phenoxy) is 1. The first kappa shape index (κ1) is 14.5. The molecule has 1 atom stereocenters. The SMILES string of the molecule is CCCCC(N)c1nc(-c2ccc(OC)c(C)c2)no1. The third-order valence-corrected chi connectivity index (χ3v) is 3.28. The molecule has 1 aromatic carbocycles. The van der Waals surface area contributed by atoms with E-state index in [0.29, 0.717) is 11.7 Å². The lowest BCUT2D eigenvalue weighted by atomic mass is 10.1. The smallest absolute Gasteiger partial charge is 0.243 e. The Labute approximate surface area is 119 Å². The van der Waals surface area contributed by atoms with E-state index in [2.05, 4.69) is 17.1 Å². The van der Waals surface area contributed by atoms with Gasteiger partial charge in [0.2, 0.25) is 11.7 Å². The van der Waals surface area contributed by atoms with E-state index in [4.69, 9.17) is 15.0 Å². The number of benzene rings is 1. The van der Waals surface area contributed by atoms with E-state index in [9.17, 15) is 0 Å². The molecular weight excluding hydrogens is 254 g/mol. The number of hydrogen-bond acceptors (Lipinski definition) is 5. The van der Waals surface area contributed by atoms with Crippen LogP contribution in [0.3, 0.4) is 0 Å². The van der Waals surface area contributed by atoms with Gasteiger partial charge in [0.25, 0.3) is 0 Å². The first-order valence-electron chi connectivity index (χ1n) is 6.90. The van der Waals surface area contributed by atoms with Gasteiger partial charge in [-0.3, -0.25) is 0 Å². The van der Waals surface area contributed by atoms with Crippen molar-refractivity contribution in [2.24, 2.45) is 5.73 Å². The Bertz CT molecular complexity index is 566. The van der Waals surface area contributed by atoms with Crippen molar-refractivity contribution >= 4 is 0 Å². The van der Waals surface area contributed by atoms with Crippen molar-refractivity contribution in [1.82, 2.24) is 10.1 Å². The van der Waals surface area contributed by atoms with Crippen molar-refractivity contribution in [2.75, 3.05) is 7.11 Å². The van der Waals surface area contributed by atoms with Gasteiger partial charge in [-0.2, -0.15) is 4.98 Å². The van der Waals surface area contributed by atoms with Crippen LogP contribution < -0.4 is 10.5 Å². The van der Waals surface area contributed by atoms with Crippen LogP contribution in [-0.2, 0) is 0 Å². The zero-order valence-corrected chi connectivity index (χ0v) is 12.2. The first-order chi connectivity index (χ1) is 9.65. The average Bonchev–Trinajstić information content (AvgIpc) is 2.94. The minimum atomic E-state index is -0.185. The van der Waals surface area contributed by atoms with E-state index in [0.717, 1.165) is 36.1 Å². The third kappa shape index (κ3) is 3.17. The summed E-state index contributed by atoms with van der Waals surface area (Å²) in [4.78, 5) is 4.39. The summed E-state index contributed by atoms with van der Waals surface area (Å²) in [5.41, 5.74) is 7.97. The first-order valence-corrected chi connectivity index (χ1v) is 6.90. The largest absolute Gasteiger partial charge is 0.496 e. The van der Waals surface area contributed by atoms with Gasteiger partial charge in [0.15, 0.2) is 0 Å². The van der Waals surface area contributed by atoms with Crippen LogP contribution in [0.2, 0.25) is 0 Å². The van der Waals surface area contributed by atoms with Crippen molar-refractivity contribution in [3.8, 4) is 17.1 Å². The lowest BCUT2D eigenvalue weighted by Crippen LogP contribution is -2.10. The maximum Gasteiger partial charge on any atom is 0.243 e. The Morgan fingerprint density at radius 1 is 1.40 bits per heavy atom. The normalized spacial score (nSPS) is 12.4. The number of hydrogen-bond donors (Lipinski definition) is 1. The number of methoxy groups -OCH3 is 1.